The molecule has 0 spiro atoms. The van der Waals surface area contributed by atoms with E-state index >= 15 is 0 Å². The Balaban J connectivity index is 3.79. The van der Waals surface area contributed by atoms with Crippen LogP contribution in [0.1, 0.15) is 27.2 Å². The third-order valence-electron chi connectivity index (χ3n) is 1.57. The molecule has 0 aliphatic heterocycles. The molecule has 58 valence electrons. The molecule has 2 heteroatoms. The smallest absolute Gasteiger partial charge is 0.0653 e. The maximum atomic E-state index is 8.49. The van der Waals surface area contributed by atoms with Crippen molar-refractivity contribution in [3.63, 3.8) is 0 Å². The normalized spacial score (nSPS) is 14.3. The van der Waals surface area contributed by atoms with E-state index < -0.39 is 0 Å². The van der Waals surface area contributed by atoms with Gasteiger partial charge in [-0.15, -0.1) is 0 Å². The molecule has 1 atom stereocenters. The lowest BCUT2D eigenvalue weighted by Crippen LogP contribution is -2.24. The van der Waals surface area contributed by atoms with Gasteiger partial charge in [0.05, 0.1) is 11.7 Å². The fourth-order valence-corrected chi connectivity index (χ4v) is 0.866. The second-order valence-electron chi connectivity index (χ2n) is 3.20. The summed E-state index contributed by atoms with van der Waals surface area (Å²) in [4.78, 5) is 0. The van der Waals surface area contributed by atoms with Crippen LogP contribution in [0.25, 0.3) is 0 Å². The number of rotatable bonds is 3. The van der Waals surface area contributed by atoms with Crippen LogP contribution < -0.4 is 0 Å². The summed E-state index contributed by atoms with van der Waals surface area (Å²) in [6.45, 7) is 5.88. The molecule has 0 aromatic heterocycles. The maximum Gasteiger partial charge on any atom is 0.0653 e. The standard InChI is InChI=1S/C8H15NO/c1-7(6-9)5-8(2,3)10-4/h7H,5H2,1-4H3/t7-/m1/s1. The molecule has 0 aromatic rings. The van der Waals surface area contributed by atoms with E-state index in [-0.39, 0.29) is 11.5 Å². The number of nitrogens with zero attached hydrogens (tertiary/aromatic N) is 1. The minimum absolute atomic E-state index is 0.0787. The summed E-state index contributed by atoms with van der Waals surface area (Å²) in [5.41, 5.74) is -0.158. The summed E-state index contributed by atoms with van der Waals surface area (Å²) >= 11 is 0. The average Bonchev–Trinajstić information content (AvgIpc) is 1.87. The molecule has 0 rings (SSSR count). The highest BCUT2D eigenvalue weighted by Crippen LogP contribution is 2.18. The first-order valence-electron chi connectivity index (χ1n) is 3.46. The molecular formula is C8H15NO. The van der Waals surface area contributed by atoms with Crippen LogP contribution in [0.3, 0.4) is 0 Å². The number of methoxy groups -OCH3 is 1. The first-order valence-corrected chi connectivity index (χ1v) is 3.46. The zero-order valence-corrected chi connectivity index (χ0v) is 7.14. The van der Waals surface area contributed by atoms with Gasteiger partial charge >= 0.3 is 0 Å². The van der Waals surface area contributed by atoms with E-state index in [0.717, 1.165) is 6.42 Å². The zero-order chi connectivity index (χ0) is 8.20. The van der Waals surface area contributed by atoms with Crippen molar-refractivity contribution in [2.24, 2.45) is 5.92 Å². The molecular weight excluding hydrogens is 126 g/mol. The van der Waals surface area contributed by atoms with Gasteiger partial charge in [-0.3, -0.25) is 0 Å². The van der Waals surface area contributed by atoms with Crippen LogP contribution in [0.2, 0.25) is 0 Å². The van der Waals surface area contributed by atoms with Crippen molar-refractivity contribution in [1.29, 1.82) is 5.26 Å². The van der Waals surface area contributed by atoms with Crippen molar-refractivity contribution in [3.8, 4) is 6.07 Å². The number of nitriles is 1. The number of hydrogen-bond donors (Lipinski definition) is 0. The molecule has 2 nitrogen and oxygen atoms in total. The summed E-state index contributed by atoms with van der Waals surface area (Å²) in [6.07, 6.45) is 0.792. The molecule has 0 amide bonds. The molecule has 0 aliphatic rings. The fraction of sp³-hybridized carbons (Fsp3) is 0.875. The van der Waals surface area contributed by atoms with Gasteiger partial charge in [0.2, 0.25) is 0 Å². The Hall–Kier alpha value is -0.550. The van der Waals surface area contributed by atoms with E-state index in [9.17, 15) is 0 Å². The highest BCUT2D eigenvalue weighted by atomic mass is 16.5. The summed E-state index contributed by atoms with van der Waals surface area (Å²) in [5.74, 6) is 0.0787. The Morgan fingerprint density at radius 1 is 1.60 bits per heavy atom. The average molecular weight is 141 g/mol. The molecule has 0 radical (unpaired) electrons. The first kappa shape index (κ1) is 9.45. The molecule has 0 N–H and O–H groups in total. The van der Waals surface area contributed by atoms with Crippen LogP contribution in [-0.4, -0.2) is 12.7 Å². The van der Waals surface area contributed by atoms with Crippen LogP contribution in [-0.2, 0) is 4.74 Å². The van der Waals surface area contributed by atoms with Gasteiger partial charge in [-0.2, -0.15) is 5.26 Å². The van der Waals surface area contributed by atoms with Crippen LogP contribution in [0.4, 0.5) is 0 Å². The quantitative estimate of drug-likeness (QED) is 0.602. The monoisotopic (exact) mass is 141 g/mol. The van der Waals surface area contributed by atoms with Gasteiger partial charge in [-0.25, -0.2) is 0 Å². The van der Waals surface area contributed by atoms with Crippen LogP contribution >= 0.6 is 0 Å². The summed E-state index contributed by atoms with van der Waals surface area (Å²) in [5, 5.41) is 8.49. The maximum absolute atomic E-state index is 8.49. The van der Waals surface area contributed by atoms with Crippen molar-refractivity contribution in [2.45, 2.75) is 32.8 Å². The molecule has 0 fully saturated rings. The minimum atomic E-state index is -0.158. The van der Waals surface area contributed by atoms with Gasteiger partial charge in [0.15, 0.2) is 0 Å². The summed E-state index contributed by atoms with van der Waals surface area (Å²) in [6, 6.07) is 2.18. The largest absolute Gasteiger partial charge is 0.379 e. The first-order chi connectivity index (χ1) is 4.52. The van der Waals surface area contributed by atoms with Crippen LogP contribution in [0.15, 0.2) is 0 Å². The molecule has 0 saturated heterocycles. The van der Waals surface area contributed by atoms with E-state index in [1.807, 2.05) is 20.8 Å². The van der Waals surface area contributed by atoms with Gasteiger partial charge in [0, 0.05) is 13.0 Å². The molecule has 0 saturated carbocycles. The lowest BCUT2D eigenvalue weighted by atomic mass is 9.96. The van der Waals surface area contributed by atoms with E-state index in [1.165, 1.54) is 0 Å². The van der Waals surface area contributed by atoms with Gasteiger partial charge in [0.1, 0.15) is 0 Å². The lowest BCUT2D eigenvalue weighted by Gasteiger charge is -2.23. The van der Waals surface area contributed by atoms with Crippen molar-refractivity contribution in [3.05, 3.63) is 0 Å². The fourth-order valence-electron chi connectivity index (χ4n) is 0.866. The number of hydrogen-bond acceptors (Lipinski definition) is 2. The van der Waals surface area contributed by atoms with E-state index in [2.05, 4.69) is 6.07 Å². The van der Waals surface area contributed by atoms with Crippen LogP contribution in [0.5, 0.6) is 0 Å². The molecule has 0 aliphatic carbocycles. The summed E-state index contributed by atoms with van der Waals surface area (Å²) in [7, 11) is 1.67. The Labute approximate surface area is 62.8 Å². The summed E-state index contributed by atoms with van der Waals surface area (Å²) < 4.78 is 5.16. The van der Waals surface area contributed by atoms with Crippen molar-refractivity contribution in [2.75, 3.05) is 7.11 Å². The number of ether oxygens (including phenoxy) is 1. The predicted octanol–water partition coefficient (Wildman–Crippen LogP) is 1.96. The molecule has 0 unspecified atom stereocenters. The van der Waals surface area contributed by atoms with Gasteiger partial charge in [-0.05, 0) is 27.2 Å². The third kappa shape index (κ3) is 3.47. The minimum Gasteiger partial charge on any atom is -0.379 e. The lowest BCUT2D eigenvalue weighted by molar-refractivity contribution is 0.00882. The van der Waals surface area contributed by atoms with E-state index in [4.69, 9.17) is 10.00 Å². The van der Waals surface area contributed by atoms with Gasteiger partial charge < -0.3 is 4.74 Å². The Morgan fingerprint density at radius 2 is 2.10 bits per heavy atom. The third-order valence-corrected chi connectivity index (χ3v) is 1.57. The van der Waals surface area contributed by atoms with Crippen molar-refractivity contribution in [1.82, 2.24) is 0 Å². The van der Waals surface area contributed by atoms with Crippen molar-refractivity contribution < 1.29 is 4.74 Å². The molecule has 0 aromatic carbocycles. The highest BCUT2D eigenvalue weighted by Gasteiger charge is 2.19. The molecule has 0 bridgehead atoms. The topological polar surface area (TPSA) is 33.0 Å². The predicted molar refractivity (Wildman–Crippen MR) is 40.5 cm³/mol. The van der Waals surface area contributed by atoms with Crippen molar-refractivity contribution >= 4 is 0 Å². The van der Waals surface area contributed by atoms with E-state index in [0.29, 0.717) is 0 Å². The SMILES string of the molecule is COC(C)(C)C[C@@H](C)C#N. The van der Waals surface area contributed by atoms with Gasteiger partial charge in [0.25, 0.3) is 0 Å². The second kappa shape index (κ2) is 3.58. The second-order valence-corrected chi connectivity index (χ2v) is 3.20. The Kier molecular flexibility index (Phi) is 3.38. The Bertz CT molecular complexity index is 135. The zero-order valence-electron chi connectivity index (χ0n) is 7.14. The molecule has 10 heavy (non-hydrogen) atoms. The molecule has 0 heterocycles. The Morgan fingerprint density at radius 3 is 2.40 bits per heavy atom. The van der Waals surface area contributed by atoms with E-state index in [1.54, 1.807) is 7.11 Å². The van der Waals surface area contributed by atoms with Gasteiger partial charge in [-0.1, -0.05) is 0 Å². The van der Waals surface area contributed by atoms with Crippen LogP contribution in [0, 0.1) is 17.2 Å². The highest BCUT2D eigenvalue weighted by molar-refractivity contribution is 4.84.